The fourth-order valence-corrected chi connectivity index (χ4v) is 3.54. The molecule has 0 saturated carbocycles. The minimum atomic E-state index is -0.0786. The molecule has 0 fully saturated rings. The van der Waals surface area contributed by atoms with Crippen molar-refractivity contribution in [3.63, 3.8) is 0 Å². The van der Waals surface area contributed by atoms with E-state index in [1.165, 1.54) is 0 Å². The Balaban J connectivity index is 1.63. The predicted octanol–water partition coefficient (Wildman–Crippen LogP) is 5.27. The normalized spacial score (nSPS) is 13.3. The van der Waals surface area contributed by atoms with Crippen molar-refractivity contribution in [3.05, 3.63) is 84.6 Å². The molecule has 2 heterocycles. The molecule has 4 nitrogen and oxygen atoms in total. The molecule has 1 amide bonds. The van der Waals surface area contributed by atoms with Crippen molar-refractivity contribution in [1.82, 2.24) is 4.98 Å². The Kier molecular flexibility index (Phi) is 3.83. The van der Waals surface area contributed by atoms with Crippen molar-refractivity contribution in [2.24, 2.45) is 0 Å². The quantitative estimate of drug-likeness (QED) is 0.485. The number of hydrogen-bond donors (Lipinski definition) is 0. The Labute approximate surface area is 163 Å². The van der Waals surface area contributed by atoms with Gasteiger partial charge in [-0.3, -0.25) is 14.7 Å². The van der Waals surface area contributed by atoms with E-state index < -0.39 is 0 Å². The molecule has 0 radical (unpaired) electrons. The summed E-state index contributed by atoms with van der Waals surface area (Å²) in [5.41, 5.74) is 5.71. The molecule has 0 bridgehead atoms. The number of benzene rings is 3. The lowest BCUT2D eigenvalue weighted by molar-refractivity contribution is -0.120. The van der Waals surface area contributed by atoms with Gasteiger partial charge in [0, 0.05) is 22.8 Å². The third kappa shape index (κ3) is 2.79. The molecule has 5 rings (SSSR count). The number of carbonyl (C=O) groups is 1. The summed E-state index contributed by atoms with van der Waals surface area (Å²) in [7, 11) is 0. The van der Waals surface area contributed by atoms with Crippen LogP contribution in [-0.4, -0.2) is 17.5 Å². The minimum absolute atomic E-state index is 0.0394. The Morgan fingerprint density at radius 3 is 2.61 bits per heavy atom. The SMILES string of the molecule is Cc1ccc(N2C(=O)COc3ccc(-c4cnc5ccccc5c4)cc32)cc1. The highest BCUT2D eigenvalue weighted by Gasteiger charge is 2.27. The first-order valence-corrected chi connectivity index (χ1v) is 9.21. The zero-order chi connectivity index (χ0) is 19.1. The van der Waals surface area contributed by atoms with Crippen LogP contribution in [0.5, 0.6) is 5.75 Å². The average Bonchev–Trinajstić information content (AvgIpc) is 2.74. The second-order valence-electron chi connectivity index (χ2n) is 6.95. The zero-order valence-electron chi connectivity index (χ0n) is 15.4. The Hall–Kier alpha value is -3.66. The van der Waals surface area contributed by atoms with Gasteiger partial charge in [-0.05, 0) is 48.9 Å². The van der Waals surface area contributed by atoms with Crippen LogP contribution in [-0.2, 0) is 4.79 Å². The molecule has 0 atom stereocenters. The van der Waals surface area contributed by atoms with E-state index in [2.05, 4.69) is 17.1 Å². The number of hydrogen-bond acceptors (Lipinski definition) is 3. The summed E-state index contributed by atoms with van der Waals surface area (Å²) < 4.78 is 5.67. The van der Waals surface area contributed by atoms with Crippen molar-refractivity contribution < 1.29 is 9.53 Å². The number of ether oxygens (including phenoxy) is 1. The molecule has 4 aromatic rings. The summed E-state index contributed by atoms with van der Waals surface area (Å²) in [6.07, 6.45) is 1.87. The molecule has 0 spiro atoms. The minimum Gasteiger partial charge on any atom is -0.482 e. The largest absolute Gasteiger partial charge is 0.482 e. The van der Waals surface area contributed by atoms with Gasteiger partial charge in [0.25, 0.3) is 5.91 Å². The number of aromatic nitrogens is 1. The molecular weight excluding hydrogens is 348 g/mol. The first-order valence-electron chi connectivity index (χ1n) is 9.21. The second kappa shape index (κ2) is 6.50. The maximum Gasteiger partial charge on any atom is 0.269 e. The number of anilines is 2. The highest BCUT2D eigenvalue weighted by molar-refractivity contribution is 6.05. The van der Waals surface area contributed by atoms with Gasteiger partial charge in [-0.15, -0.1) is 0 Å². The average molecular weight is 366 g/mol. The van der Waals surface area contributed by atoms with Crippen LogP contribution in [0.3, 0.4) is 0 Å². The van der Waals surface area contributed by atoms with Gasteiger partial charge in [-0.1, -0.05) is 42.0 Å². The number of para-hydroxylation sites is 1. The summed E-state index contributed by atoms with van der Waals surface area (Å²) in [5.74, 6) is 0.628. The van der Waals surface area contributed by atoms with Crippen LogP contribution < -0.4 is 9.64 Å². The van der Waals surface area contributed by atoms with Crippen molar-refractivity contribution in [1.29, 1.82) is 0 Å². The van der Waals surface area contributed by atoms with E-state index in [1.807, 2.05) is 73.8 Å². The number of rotatable bonds is 2. The van der Waals surface area contributed by atoms with Gasteiger partial charge < -0.3 is 4.74 Å². The zero-order valence-corrected chi connectivity index (χ0v) is 15.4. The maximum atomic E-state index is 12.7. The number of carbonyl (C=O) groups excluding carboxylic acids is 1. The molecule has 136 valence electrons. The monoisotopic (exact) mass is 366 g/mol. The van der Waals surface area contributed by atoms with Crippen LogP contribution >= 0.6 is 0 Å². The Morgan fingerprint density at radius 2 is 1.75 bits per heavy atom. The smallest absolute Gasteiger partial charge is 0.269 e. The van der Waals surface area contributed by atoms with Crippen molar-refractivity contribution in [3.8, 4) is 16.9 Å². The lowest BCUT2D eigenvalue weighted by Crippen LogP contribution is -2.35. The standard InChI is InChI=1S/C24H18N2O2/c1-16-6-9-20(10-7-16)26-22-13-17(8-11-23(22)28-15-24(26)27)19-12-18-4-2-3-5-21(18)25-14-19/h2-14H,15H2,1H3. The molecule has 1 aromatic heterocycles. The molecule has 0 N–H and O–H groups in total. The fourth-order valence-electron chi connectivity index (χ4n) is 3.54. The maximum absolute atomic E-state index is 12.7. The van der Waals surface area contributed by atoms with Crippen LogP contribution in [0.4, 0.5) is 11.4 Å². The number of fused-ring (bicyclic) bond motifs is 2. The predicted molar refractivity (Wildman–Crippen MR) is 111 cm³/mol. The highest BCUT2D eigenvalue weighted by atomic mass is 16.5. The molecule has 1 aliphatic rings. The van der Waals surface area contributed by atoms with Gasteiger partial charge in [-0.2, -0.15) is 0 Å². The molecule has 1 aliphatic heterocycles. The van der Waals surface area contributed by atoms with Gasteiger partial charge >= 0.3 is 0 Å². The molecular formula is C24H18N2O2. The molecule has 0 saturated heterocycles. The van der Waals surface area contributed by atoms with E-state index in [9.17, 15) is 4.79 Å². The van der Waals surface area contributed by atoms with E-state index in [0.29, 0.717) is 5.75 Å². The second-order valence-corrected chi connectivity index (χ2v) is 6.95. The molecule has 4 heteroatoms. The first kappa shape index (κ1) is 16.5. The lowest BCUT2D eigenvalue weighted by atomic mass is 10.0. The van der Waals surface area contributed by atoms with E-state index in [4.69, 9.17) is 4.74 Å². The summed E-state index contributed by atoms with van der Waals surface area (Å²) >= 11 is 0. The lowest BCUT2D eigenvalue weighted by Gasteiger charge is -2.30. The summed E-state index contributed by atoms with van der Waals surface area (Å²) in [4.78, 5) is 18.9. The fraction of sp³-hybridized carbons (Fsp3) is 0.0833. The number of amides is 1. The van der Waals surface area contributed by atoms with Crippen LogP contribution in [0.1, 0.15) is 5.56 Å². The number of pyridine rings is 1. The van der Waals surface area contributed by atoms with E-state index in [-0.39, 0.29) is 12.5 Å². The number of aryl methyl sites for hydroxylation is 1. The molecule has 0 aliphatic carbocycles. The van der Waals surface area contributed by atoms with Crippen LogP contribution in [0.25, 0.3) is 22.0 Å². The van der Waals surface area contributed by atoms with E-state index in [1.54, 1.807) is 4.90 Å². The van der Waals surface area contributed by atoms with Crippen molar-refractivity contribution in [2.75, 3.05) is 11.5 Å². The Morgan fingerprint density at radius 1 is 0.929 bits per heavy atom. The number of nitrogens with zero attached hydrogens (tertiary/aromatic N) is 2. The van der Waals surface area contributed by atoms with Crippen molar-refractivity contribution in [2.45, 2.75) is 6.92 Å². The van der Waals surface area contributed by atoms with Gasteiger partial charge in [0.2, 0.25) is 0 Å². The topological polar surface area (TPSA) is 42.4 Å². The summed E-state index contributed by atoms with van der Waals surface area (Å²) in [5, 5.41) is 1.08. The van der Waals surface area contributed by atoms with E-state index in [0.717, 1.165) is 39.0 Å². The van der Waals surface area contributed by atoms with Crippen molar-refractivity contribution >= 4 is 28.2 Å². The summed E-state index contributed by atoms with van der Waals surface area (Å²) in [6, 6.07) is 24.0. The van der Waals surface area contributed by atoms with Crippen LogP contribution in [0.2, 0.25) is 0 Å². The van der Waals surface area contributed by atoms with Crippen LogP contribution in [0, 0.1) is 6.92 Å². The first-order chi connectivity index (χ1) is 13.7. The highest BCUT2D eigenvalue weighted by Crippen LogP contribution is 2.40. The van der Waals surface area contributed by atoms with Gasteiger partial charge in [0.1, 0.15) is 5.75 Å². The van der Waals surface area contributed by atoms with Crippen LogP contribution in [0.15, 0.2) is 79.0 Å². The molecule has 0 unspecified atom stereocenters. The van der Waals surface area contributed by atoms with E-state index >= 15 is 0 Å². The summed E-state index contributed by atoms with van der Waals surface area (Å²) in [6.45, 7) is 2.07. The molecule has 3 aromatic carbocycles. The van der Waals surface area contributed by atoms with Gasteiger partial charge in [-0.25, -0.2) is 0 Å². The van der Waals surface area contributed by atoms with Gasteiger partial charge in [0.05, 0.1) is 11.2 Å². The Bertz CT molecular complexity index is 1200. The van der Waals surface area contributed by atoms with Gasteiger partial charge in [0.15, 0.2) is 6.61 Å². The molecule has 28 heavy (non-hydrogen) atoms. The third-order valence-electron chi connectivity index (χ3n) is 5.02. The third-order valence-corrected chi connectivity index (χ3v) is 5.02.